The Hall–Kier alpha value is -0.610. The van der Waals surface area contributed by atoms with Gasteiger partial charge in [-0.15, -0.1) is 0 Å². The van der Waals surface area contributed by atoms with E-state index in [0.29, 0.717) is 12.6 Å². The first-order valence-electron chi connectivity index (χ1n) is 4.02. The Morgan fingerprint density at radius 1 is 1.58 bits per heavy atom. The zero-order chi connectivity index (χ0) is 9.98. The molecule has 0 bridgehead atoms. The lowest BCUT2D eigenvalue weighted by Crippen LogP contribution is -2.22. The molecule has 4 nitrogen and oxygen atoms in total. The number of hydrogen-bond donors (Lipinski definition) is 2. The number of rotatable bonds is 3. The highest BCUT2D eigenvalue weighted by Crippen LogP contribution is 1.70. The highest BCUT2D eigenvalue weighted by molar-refractivity contribution is 5.65. The Bertz CT molecular complexity index is 104. The number of esters is 1. The van der Waals surface area contributed by atoms with Crippen LogP contribution in [0.2, 0.25) is 0 Å². The maximum absolute atomic E-state index is 9.82. The molecule has 0 rings (SSSR count). The van der Waals surface area contributed by atoms with E-state index >= 15 is 0 Å². The average molecular weight is 177 g/mol. The van der Waals surface area contributed by atoms with Gasteiger partial charge in [-0.25, -0.2) is 0 Å². The summed E-state index contributed by atoms with van der Waals surface area (Å²) >= 11 is 0. The molecule has 2 N–H and O–H groups in total. The molecule has 0 spiro atoms. The van der Waals surface area contributed by atoms with Crippen molar-refractivity contribution in [3.8, 4) is 0 Å². The van der Waals surface area contributed by atoms with Crippen LogP contribution < -0.4 is 5.32 Å². The molecular formula is C8H19NO3. The van der Waals surface area contributed by atoms with Crippen LogP contribution in [0.25, 0.3) is 0 Å². The van der Waals surface area contributed by atoms with Gasteiger partial charge in [0.2, 0.25) is 0 Å². The van der Waals surface area contributed by atoms with Crippen LogP contribution in [0.5, 0.6) is 0 Å². The first-order valence-corrected chi connectivity index (χ1v) is 4.02. The zero-order valence-corrected chi connectivity index (χ0v) is 8.26. The Kier molecular flexibility index (Phi) is 12.1. The van der Waals surface area contributed by atoms with Crippen LogP contribution in [-0.2, 0) is 9.53 Å². The predicted octanol–water partition coefficient (Wildman–Crippen LogP) is 0.504. The molecule has 0 fully saturated rings. The van der Waals surface area contributed by atoms with Crippen molar-refractivity contribution in [3.63, 3.8) is 0 Å². The predicted molar refractivity (Wildman–Crippen MR) is 47.7 cm³/mol. The summed E-state index contributed by atoms with van der Waals surface area (Å²) < 4.78 is 4.40. The summed E-state index contributed by atoms with van der Waals surface area (Å²) in [6, 6.07) is 0.398. The van der Waals surface area contributed by atoms with Crippen LogP contribution >= 0.6 is 0 Å². The minimum absolute atomic E-state index is 0.0810. The molecule has 0 heterocycles. The van der Waals surface area contributed by atoms with Gasteiger partial charge in [-0.05, 0) is 20.8 Å². The minimum Gasteiger partial charge on any atom is -0.466 e. The Morgan fingerprint density at radius 2 is 2.08 bits per heavy atom. The number of aliphatic hydroxyl groups is 1. The van der Waals surface area contributed by atoms with E-state index in [1.165, 1.54) is 6.92 Å². The van der Waals surface area contributed by atoms with Gasteiger partial charge < -0.3 is 9.84 Å². The summed E-state index contributed by atoms with van der Waals surface area (Å²) in [7, 11) is 0. The average Bonchev–Trinajstić information content (AvgIpc) is 1.87. The Labute approximate surface area is 73.9 Å². The van der Waals surface area contributed by atoms with Crippen LogP contribution in [-0.4, -0.2) is 30.5 Å². The van der Waals surface area contributed by atoms with Gasteiger partial charge in [0.25, 0.3) is 0 Å². The standard InChI is InChI=1S/C4H11NO.C4H8O2/c1-4(2)5-3-6;1-3-6-4(2)5/h4-6H,3H2,1-2H3;3H2,1-2H3. The third-order valence-electron chi connectivity index (χ3n) is 0.847. The number of ether oxygens (including phenoxy) is 1. The highest BCUT2D eigenvalue weighted by Gasteiger charge is 1.83. The molecule has 0 aromatic carbocycles. The van der Waals surface area contributed by atoms with Crippen molar-refractivity contribution in [2.45, 2.75) is 33.7 Å². The van der Waals surface area contributed by atoms with Gasteiger partial charge >= 0.3 is 5.97 Å². The number of carbonyl (C=O) groups is 1. The number of aliphatic hydroxyl groups excluding tert-OH is 1. The second kappa shape index (κ2) is 10.4. The number of carbonyl (C=O) groups excluding carboxylic acids is 1. The van der Waals surface area contributed by atoms with Crippen molar-refractivity contribution in [2.75, 3.05) is 13.3 Å². The molecule has 0 amide bonds. The number of nitrogens with one attached hydrogen (secondary N) is 1. The fraction of sp³-hybridized carbons (Fsp3) is 0.875. The molecule has 74 valence electrons. The third kappa shape index (κ3) is 22.8. The summed E-state index contributed by atoms with van der Waals surface area (Å²) in [4.78, 5) is 9.82. The SMILES string of the molecule is CC(C)NCO.CCOC(C)=O. The molecule has 4 heteroatoms. The van der Waals surface area contributed by atoms with Gasteiger partial charge in [-0.3, -0.25) is 10.1 Å². The van der Waals surface area contributed by atoms with Crippen LogP contribution in [0.4, 0.5) is 0 Å². The first-order chi connectivity index (χ1) is 5.54. The van der Waals surface area contributed by atoms with E-state index in [0.717, 1.165) is 0 Å². The minimum atomic E-state index is -0.211. The highest BCUT2D eigenvalue weighted by atomic mass is 16.5. The van der Waals surface area contributed by atoms with Crippen LogP contribution in [0, 0.1) is 0 Å². The normalized spacial score (nSPS) is 8.83. The van der Waals surface area contributed by atoms with Crippen molar-refractivity contribution >= 4 is 5.97 Å². The third-order valence-corrected chi connectivity index (χ3v) is 0.847. The topological polar surface area (TPSA) is 58.6 Å². The van der Waals surface area contributed by atoms with Crippen molar-refractivity contribution in [1.82, 2.24) is 5.32 Å². The van der Waals surface area contributed by atoms with Crippen molar-refractivity contribution < 1.29 is 14.6 Å². The molecule has 0 saturated carbocycles. The van der Waals surface area contributed by atoms with Gasteiger partial charge in [-0.2, -0.15) is 0 Å². The molecule has 0 aromatic heterocycles. The summed E-state index contributed by atoms with van der Waals surface area (Å²) in [6.07, 6.45) is 0. The molecule has 0 atom stereocenters. The van der Waals surface area contributed by atoms with E-state index in [1.807, 2.05) is 13.8 Å². The molecule has 12 heavy (non-hydrogen) atoms. The summed E-state index contributed by atoms with van der Waals surface area (Å²) in [5.41, 5.74) is 0. The molecule has 0 saturated heterocycles. The van der Waals surface area contributed by atoms with E-state index in [1.54, 1.807) is 6.92 Å². The van der Waals surface area contributed by atoms with E-state index in [9.17, 15) is 4.79 Å². The lowest BCUT2D eigenvalue weighted by Gasteiger charge is -2.00. The van der Waals surface area contributed by atoms with E-state index in [-0.39, 0.29) is 12.7 Å². The molecule has 0 radical (unpaired) electrons. The van der Waals surface area contributed by atoms with Gasteiger partial charge in [0.05, 0.1) is 13.3 Å². The molecule has 0 aliphatic heterocycles. The van der Waals surface area contributed by atoms with Crippen LogP contribution in [0.3, 0.4) is 0 Å². The molecule has 0 aliphatic carbocycles. The van der Waals surface area contributed by atoms with Gasteiger partial charge in [0, 0.05) is 13.0 Å². The maximum atomic E-state index is 9.82. The molecular weight excluding hydrogens is 158 g/mol. The molecule has 0 aromatic rings. The lowest BCUT2D eigenvalue weighted by molar-refractivity contribution is -0.140. The van der Waals surface area contributed by atoms with Crippen molar-refractivity contribution in [1.29, 1.82) is 0 Å². The fourth-order valence-electron chi connectivity index (χ4n) is 0.386. The lowest BCUT2D eigenvalue weighted by atomic mass is 10.4. The summed E-state index contributed by atoms with van der Waals surface area (Å²) in [6.45, 7) is 7.70. The zero-order valence-electron chi connectivity index (χ0n) is 8.26. The number of hydrogen-bond acceptors (Lipinski definition) is 4. The van der Waals surface area contributed by atoms with Crippen molar-refractivity contribution in [2.24, 2.45) is 0 Å². The maximum Gasteiger partial charge on any atom is 0.302 e. The Morgan fingerprint density at radius 3 is 2.08 bits per heavy atom. The fourth-order valence-corrected chi connectivity index (χ4v) is 0.386. The second-order valence-electron chi connectivity index (χ2n) is 2.44. The Balaban J connectivity index is 0. The van der Waals surface area contributed by atoms with Gasteiger partial charge in [0.1, 0.15) is 0 Å². The van der Waals surface area contributed by atoms with E-state index < -0.39 is 0 Å². The van der Waals surface area contributed by atoms with Gasteiger partial charge in [0.15, 0.2) is 0 Å². The van der Waals surface area contributed by atoms with Crippen LogP contribution in [0.1, 0.15) is 27.7 Å². The first kappa shape index (κ1) is 13.9. The van der Waals surface area contributed by atoms with Crippen molar-refractivity contribution in [3.05, 3.63) is 0 Å². The van der Waals surface area contributed by atoms with Crippen LogP contribution in [0.15, 0.2) is 0 Å². The molecule has 0 unspecified atom stereocenters. The van der Waals surface area contributed by atoms with E-state index in [2.05, 4.69) is 10.1 Å². The monoisotopic (exact) mass is 177 g/mol. The second-order valence-corrected chi connectivity index (χ2v) is 2.44. The summed E-state index contributed by atoms with van der Waals surface area (Å²) in [5, 5.41) is 10.9. The van der Waals surface area contributed by atoms with E-state index in [4.69, 9.17) is 5.11 Å². The summed E-state index contributed by atoms with van der Waals surface area (Å²) in [5.74, 6) is -0.211. The van der Waals surface area contributed by atoms with Gasteiger partial charge in [-0.1, -0.05) is 0 Å². The largest absolute Gasteiger partial charge is 0.466 e. The quantitative estimate of drug-likeness (QED) is 0.487. The molecule has 0 aliphatic rings. The smallest absolute Gasteiger partial charge is 0.302 e.